The number of carbonyl (C=O) groups excluding carboxylic acids is 1. The van der Waals surface area contributed by atoms with E-state index in [2.05, 4.69) is 10.3 Å². The summed E-state index contributed by atoms with van der Waals surface area (Å²) in [6.45, 7) is 3.66. The van der Waals surface area contributed by atoms with Crippen molar-refractivity contribution in [2.24, 2.45) is 11.7 Å². The van der Waals surface area contributed by atoms with Gasteiger partial charge in [-0.1, -0.05) is 13.8 Å². The Hall–Kier alpha value is -1.95. The van der Waals surface area contributed by atoms with Gasteiger partial charge in [-0.25, -0.2) is 4.79 Å². The third-order valence-electron chi connectivity index (χ3n) is 2.27. The van der Waals surface area contributed by atoms with Crippen LogP contribution in [0, 0.1) is 5.92 Å². The number of carboxylic acid groups (broad SMARTS) is 1. The van der Waals surface area contributed by atoms with Crippen LogP contribution in [0.3, 0.4) is 0 Å². The van der Waals surface area contributed by atoms with Gasteiger partial charge in [0, 0.05) is 6.20 Å². The lowest BCUT2D eigenvalue weighted by atomic mass is 10.1. The molecule has 0 radical (unpaired) electrons. The molecule has 17 heavy (non-hydrogen) atoms. The first-order valence-corrected chi connectivity index (χ1v) is 5.16. The van der Waals surface area contributed by atoms with Gasteiger partial charge in [0.2, 0.25) is 5.91 Å². The highest BCUT2D eigenvalue weighted by Gasteiger charge is 2.17. The standard InChI is InChI=1S/C11H15N3O3/c1-6(2)9(12)10(15)14-8-3-7(11(16)17)4-13-5-8/h3-6,9H,12H2,1-2H3,(H,14,15)(H,16,17)/t9-/m1/s1. The molecule has 1 heterocycles. The van der Waals surface area contributed by atoms with Gasteiger partial charge in [0.25, 0.3) is 0 Å². The number of nitrogens with two attached hydrogens (primary N) is 1. The predicted molar refractivity (Wildman–Crippen MR) is 62.6 cm³/mol. The summed E-state index contributed by atoms with van der Waals surface area (Å²) < 4.78 is 0. The van der Waals surface area contributed by atoms with Crippen LogP contribution in [0.2, 0.25) is 0 Å². The minimum atomic E-state index is -1.10. The smallest absolute Gasteiger partial charge is 0.337 e. The molecule has 0 saturated carbocycles. The number of amides is 1. The minimum absolute atomic E-state index is 0.00520. The number of hydrogen-bond donors (Lipinski definition) is 3. The Labute approximate surface area is 98.8 Å². The maximum absolute atomic E-state index is 11.6. The molecule has 1 rings (SSSR count). The van der Waals surface area contributed by atoms with Crippen LogP contribution in [-0.2, 0) is 4.79 Å². The van der Waals surface area contributed by atoms with Crippen molar-refractivity contribution in [2.45, 2.75) is 19.9 Å². The van der Waals surface area contributed by atoms with Gasteiger partial charge in [0.15, 0.2) is 0 Å². The lowest BCUT2D eigenvalue weighted by molar-refractivity contribution is -0.118. The monoisotopic (exact) mass is 237 g/mol. The Morgan fingerprint density at radius 1 is 1.41 bits per heavy atom. The molecule has 0 aromatic carbocycles. The zero-order valence-corrected chi connectivity index (χ0v) is 9.68. The van der Waals surface area contributed by atoms with Gasteiger partial charge < -0.3 is 16.2 Å². The molecule has 92 valence electrons. The van der Waals surface area contributed by atoms with Crippen molar-refractivity contribution < 1.29 is 14.7 Å². The number of anilines is 1. The quantitative estimate of drug-likeness (QED) is 0.714. The highest BCUT2D eigenvalue weighted by Crippen LogP contribution is 2.10. The number of nitrogens with zero attached hydrogens (tertiary/aromatic N) is 1. The highest BCUT2D eigenvalue weighted by atomic mass is 16.4. The third kappa shape index (κ3) is 3.53. The molecule has 0 saturated heterocycles. The van der Waals surface area contributed by atoms with Gasteiger partial charge in [0.1, 0.15) is 0 Å². The van der Waals surface area contributed by atoms with Crippen molar-refractivity contribution in [3.05, 3.63) is 24.0 Å². The average molecular weight is 237 g/mol. The zero-order valence-electron chi connectivity index (χ0n) is 9.68. The third-order valence-corrected chi connectivity index (χ3v) is 2.27. The van der Waals surface area contributed by atoms with Crippen LogP contribution >= 0.6 is 0 Å². The lowest BCUT2D eigenvalue weighted by Crippen LogP contribution is -2.39. The number of carboxylic acids is 1. The fourth-order valence-corrected chi connectivity index (χ4v) is 1.15. The molecule has 1 amide bonds. The molecule has 0 aliphatic carbocycles. The number of pyridine rings is 1. The Kier molecular flexibility index (Phi) is 4.17. The lowest BCUT2D eigenvalue weighted by Gasteiger charge is -2.15. The van der Waals surface area contributed by atoms with Crippen LogP contribution < -0.4 is 11.1 Å². The number of aromatic carboxylic acids is 1. The summed E-state index contributed by atoms with van der Waals surface area (Å²) in [7, 11) is 0. The maximum atomic E-state index is 11.6. The van der Waals surface area contributed by atoms with Crippen LogP contribution in [0.5, 0.6) is 0 Å². The largest absolute Gasteiger partial charge is 0.478 e. The summed E-state index contributed by atoms with van der Waals surface area (Å²) in [5.41, 5.74) is 6.00. The Bertz CT molecular complexity index is 432. The van der Waals surface area contributed by atoms with E-state index in [1.807, 2.05) is 13.8 Å². The summed E-state index contributed by atoms with van der Waals surface area (Å²) >= 11 is 0. The average Bonchev–Trinajstić information content (AvgIpc) is 2.28. The summed E-state index contributed by atoms with van der Waals surface area (Å²) in [6.07, 6.45) is 2.58. The van der Waals surface area contributed by atoms with Crippen molar-refractivity contribution in [2.75, 3.05) is 5.32 Å². The molecule has 0 unspecified atom stereocenters. The number of carbonyl (C=O) groups is 2. The molecule has 1 aromatic heterocycles. The van der Waals surface area contributed by atoms with Crippen molar-refractivity contribution in [1.82, 2.24) is 4.98 Å². The minimum Gasteiger partial charge on any atom is -0.478 e. The van der Waals surface area contributed by atoms with E-state index in [0.717, 1.165) is 0 Å². The van der Waals surface area contributed by atoms with E-state index in [-0.39, 0.29) is 17.4 Å². The first-order chi connectivity index (χ1) is 7.91. The Balaban J connectivity index is 2.78. The van der Waals surface area contributed by atoms with Gasteiger partial charge in [-0.15, -0.1) is 0 Å². The van der Waals surface area contributed by atoms with Crippen molar-refractivity contribution >= 4 is 17.6 Å². The summed E-state index contributed by atoms with van der Waals surface area (Å²) in [6, 6.07) is 0.698. The van der Waals surface area contributed by atoms with E-state index in [1.165, 1.54) is 18.5 Å². The molecular weight excluding hydrogens is 222 g/mol. The summed E-state index contributed by atoms with van der Waals surface area (Å²) in [5, 5.41) is 11.3. The van der Waals surface area contributed by atoms with Crippen molar-refractivity contribution in [3.63, 3.8) is 0 Å². The fraction of sp³-hybridized carbons (Fsp3) is 0.364. The Morgan fingerprint density at radius 2 is 2.06 bits per heavy atom. The molecule has 0 fully saturated rings. The first-order valence-electron chi connectivity index (χ1n) is 5.16. The summed E-state index contributed by atoms with van der Waals surface area (Å²) in [4.78, 5) is 26.1. The van der Waals surface area contributed by atoms with Crippen LogP contribution in [0.1, 0.15) is 24.2 Å². The van der Waals surface area contributed by atoms with Crippen LogP contribution in [-0.4, -0.2) is 28.0 Å². The van der Waals surface area contributed by atoms with E-state index >= 15 is 0 Å². The normalized spacial score (nSPS) is 12.2. The second-order valence-corrected chi connectivity index (χ2v) is 4.03. The second kappa shape index (κ2) is 5.40. The van der Waals surface area contributed by atoms with Gasteiger partial charge in [-0.05, 0) is 12.0 Å². The molecule has 4 N–H and O–H groups in total. The van der Waals surface area contributed by atoms with E-state index in [9.17, 15) is 9.59 Å². The van der Waals surface area contributed by atoms with E-state index in [0.29, 0.717) is 5.69 Å². The van der Waals surface area contributed by atoms with Crippen molar-refractivity contribution in [1.29, 1.82) is 0 Å². The molecule has 6 heteroatoms. The molecule has 0 aliphatic rings. The topological polar surface area (TPSA) is 105 Å². The number of nitrogens with one attached hydrogen (secondary N) is 1. The number of rotatable bonds is 4. The SMILES string of the molecule is CC(C)[C@@H](N)C(=O)Nc1cncc(C(=O)O)c1. The molecule has 1 atom stereocenters. The van der Waals surface area contributed by atoms with Gasteiger partial charge in [-0.2, -0.15) is 0 Å². The van der Waals surface area contributed by atoms with Crippen LogP contribution in [0.25, 0.3) is 0 Å². The van der Waals surface area contributed by atoms with E-state index in [4.69, 9.17) is 10.8 Å². The van der Waals surface area contributed by atoms with Gasteiger partial charge >= 0.3 is 5.97 Å². The fourth-order valence-electron chi connectivity index (χ4n) is 1.15. The molecular formula is C11H15N3O3. The predicted octanol–water partition coefficient (Wildman–Crippen LogP) is 0.702. The van der Waals surface area contributed by atoms with Crippen LogP contribution in [0.15, 0.2) is 18.5 Å². The Morgan fingerprint density at radius 3 is 2.59 bits per heavy atom. The molecule has 6 nitrogen and oxygen atoms in total. The second-order valence-electron chi connectivity index (χ2n) is 4.03. The van der Waals surface area contributed by atoms with Crippen LogP contribution in [0.4, 0.5) is 5.69 Å². The zero-order chi connectivity index (χ0) is 13.0. The van der Waals surface area contributed by atoms with E-state index in [1.54, 1.807) is 0 Å². The number of aromatic nitrogens is 1. The first kappa shape index (κ1) is 13.1. The molecule has 0 aliphatic heterocycles. The summed E-state index contributed by atoms with van der Waals surface area (Å²) in [5.74, 6) is -1.45. The van der Waals surface area contributed by atoms with Gasteiger partial charge in [-0.3, -0.25) is 9.78 Å². The molecule has 0 bridgehead atoms. The maximum Gasteiger partial charge on any atom is 0.337 e. The molecule has 1 aromatic rings. The van der Waals surface area contributed by atoms with E-state index < -0.39 is 12.0 Å². The van der Waals surface area contributed by atoms with Gasteiger partial charge in [0.05, 0.1) is 23.5 Å². The molecule has 0 spiro atoms. The van der Waals surface area contributed by atoms with Crippen molar-refractivity contribution in [3.8, 4) is 0 Å². The highest BCUT2D eigenvalue weighted by molar-refractivity contribution is 5.96. The number of hydrogen-bond acceptors (Lipinski definition) is 4.